The van der Waals surface area contributed by atoms with Crippen LogP contribution in [0.2, 0.25) is 0 Å². The number of nitrogens with zero attached hydrogens (tertiary/aromatic N) is 2. The highest BCUT2D eigenvalue weighted by Gasteiger charge is 2.40. The van der Waals surface area contributed by atoms with Gasteiger partial charge in [-0.05, 0) is 41.3 Å². The van der Waals surface area contributed by atoms with Crippen LogP contribution in [0.3, 0.4) is 0 Å². The number of carbonyl (C=O) groups is 1. The van der Waals surface area contributed by atoms with Crippen LogP contribution in [-0.4, -0.2) is 30.2 Å². The number of carbonyl (C=O) groups excluding carboxylic acids is 1. The molecule has 0 spiro atoms. The van der Waals surface area contributed by atoms with Crippen LogP contribution in [0.1, 0.15) is 28.4 Å². The fraction of sp³-hybridized carbons (Fsp3) is 0.167. The standard InChI is InChI=1S/C24H23N3O/c1-17(28)18-8-6-9-19(14-18)20-10-7-13-22(15-20)24(16-27(2)23(25)26-24)21-11-4-3-5-12-21/h3-15H,16H2,1-2H3,(H2,25,26). The number of aliphatic imine (C=N–C) groups is 1. The molecule has 3 aromatic carbocycles. The van der Waals surface area contributed by atoms with Gasteiger partial charge in [0.05, 0.1) is 6.54 Å². The molecule has 140 valence electrons. The maximum atomic E-state index is 11.8. The smallest absolute Gasteiger partial charge is 0.192 e. The number of Topliss-reactive ketones (excluding diaryl/α,β-unsaturated/α-hetero) is 1. The summed E-state index contributed by atoms with van der Waals surface area (Å²) in [6, 6.07) is 26.3. The Balaban J connectivity index is 1.85. The SMILES string of the molecule is CC(=O)c1cccc(-c2cccc(C3(c4ccccc4)CN(C)C(N)=N3)c2)c1. The van der Waals surface area contributed by atoms with Crippen LogP contribution in [0, 0.1) is 0 Å². The predicted octanol–water partition coefficient (Wildman–Crippen LogP) is 4.06. The van der Waals surface area contributed by atoms with Crippen molar-refractivity contribution in [2.45, 2.75) is 12.5 Å². The van der Waals surface area contributed by atoms with E-state index in [1.807, 2.05) is 60.5 Å². The third kappa shape index (κ3) is 3.07. The van der Waals surface area contributed by atoms with Gasteiger partial charge < -0.3 is 10.6 Å². The Kier molecular flexibility index (Phi) is 4.47. The number of likely N-dealkylation sites (N-methyl/N-ethyl adjacent to an activating group) is 1. The van der Waals surface area contributed by atoms with E-state index in [9.17, 15) is 4.79 Å². The average molecular weight is 369 g/mol. The van der Waals surface area contributed by atoms with Crippen LogP contribution in [0.25, 0.3) is 11.1 Å². The Morgan fingerprint density at radius 3 is 2.21 bits per heavy atom. The molecule has 0 saturated heterocycles. The molecule has 0 aromatic heterocycles. The van der Waals surface area contributed by atoms with Gasteiger partial charge in [0.1, 0.15) is 5.54 Å². The molecule has 0 amide bonds. The molecule has 1 aliphatic heterocycles. The fourth-order valence-corrected chi connectivity index (χ4v) is 3.81. The zero-order valence-electron chi connectivity index (χ0n) is 16.1. The largest absolute Gasteiger partial charge is 0.370 e. The Hall–Kier alpha value is -3.40. The summed E-state index contributed by atoms with van der Waals surface area (Å²) in [6.07, 6.45) is 0. The number of guanidine groups is 1. The summed E-state index contributed by atoms with van der Waals surface area (Å²) >= 11 is 0. The minimum absolute atomic E-state index is 0.0635. The Bertz CT molecular complexity index is 1060. The van der Waals surface area contributed by atoms with Crippen molar-refractivity contribution in [1.29, 1.82) is 0 Å². The van der Waals surface area contributed by atoms with E-state index in [0.717, 1.165) is 22.3 Å². The van der Waals surface area contributed by atoms with Gasteiger partial charge in [0.25, 0.3) is 0 Å². The van der Waals surface area contributed by atoms with Crippen molar-refractivity contribution in [2.24, 2.45) is 10.7 Å². The number of nitrogens with two attached hydrogens (primary N) is 1. The molecule has 0 bridgehead atoms. The lowest BCUT2D eigenvalue weighted by molar-refractivity contribution is 0.101. The maximum absolute atomic E-state index is 11.8. The quantitative estimate of drug-likeness (QED) is 0.706. The predicted molar refractivity (Wildman–Crippen MR) is 113 cm³/mol. The van der Waals surface area contributed by atoms with Gasteiger partial charge in [-0.2, -0.15) is 0 Å². The molecule has 1 atom stereocenters. The first-order chi connectivity index (χ1) is 13.5. The van der Waals surface area contributed by atoms with Crippen LogP contribution in [0.5, 0.6) is 0 Å². The van der Waals surface area contributed by atoms with E-state index >= 15 is 0 Å². The second-order valence-electron chi connectivity index (χ2n) is 7.27. The zero-order chi connectivity index (χ0) is 19.7. The third-order valence-corrected chi connectivity index (χ3v) is 5.36. The topological polar surface area (TPSA) is 58.7 Å². The zero-order valence-corrected chi connectivity index (χ0v) is 16.1. The summed E-state index contributed by atoms with van der Waals surface area (Å²) in [5.41, 5.74) is 10.6. The Labute approximate surface area is 165 Å². The van der Waals surface area contributed by atoms with E-state index in [4.69, 9.17) is 10.7 Å². The van der Waals surface area contributed by atoms with Gasteiger partial charge in [-0.25, -0.2) is 4.99 Å². The first-order valence-electron chi connectivity index (χ1n) is 9.33. The lowest BCUT2D eigenvalue weighted by Crippen LogP contribution is -2.34. The maximum Gasteiger partial charge on any atom is 0.192 e. The molecule has 3 aromatic rings. The highest BCUT2D eigenvalue weighted by Crippen LogP contribution is 2.39. The number of rotatable bonds is 4. The number of benzene rings is 3. The van der Waals surface area contributed by atoms with Crippen LogP contribution < -0.4 is 5.73 Å². The molecule has 4 heteroatoms. The third-order valence-electron chi connectivity index (χ3n) is 5.36. The monoisotopic (exact) mass is 369 g/mol. The number of hydrogen-bond acceptors (Lipinski definition) is 4. The molecule has 2 N–H and O–H groups in total. The minimum Gasteiger partial charge on any atom is -0.370 e. The van der Waals surface area contributed by atoms with Crippen molar-refractivity contribution < 1.29 is 4.79 Å². The van der Waals surface area contributed by atoms with Gasteiger partial charge in [-0.15, -0.1) is 0 Å². The molecule has 28 heavy (non-hydrogen) atoms. The van der Waals surface area contributed by atoms with Crippen LogP contribution in [0.15, 0.2) is 83.9 Å². The Morgan fingerprint density at radius 2 is 1.57 bits per heavy atom. The van der Waals surface area contributed by atoms with E-state index in [1.54, 1.807) is 6.92 Å². The molecule has 0 aliphatic carbocycles. The van der Waals surface area contributed by atoms with E-state index in [-0.39, 0.29) is 5.78 Å². The fourth-order valence-electron chi connectivity index (χ4n) is 3.81. The van der Waals surface area contributed by atoms with Crippen molar-refractivity contribution >= 4 is 11.7 Å². The average Bonchev–Trinajstić information content (AvgIpc) is 3.04. The van der Waals surface area contributed by atoms with Crippen molar-refractivity contribution in [1.82, 2.24) is 4.90 Å². The summed E-state index contributed by atoms with van der Waals surface area (Å²) in [7, 11) is 1.96. The van der Waals surface area contributed by atoms with Crippen LogP contribution in [-0.2, 0) is 5.54 Å². The first-order valence-corrected chi connectivity index (χ1v) is 9.33. The number of hydrogen-bond donors (Lipinski definition) is 1. The van der Waals surface area contributed by atoms with Crippen LogP contribution >= 0.6 is 0 Å². The molecule has 4 rings (SSSR count). The van der Waals surface area contributed by atoms with Gasteiger partial charge in [-0.1, -0.05) is 66.7 Å². The van der Waals surface area contributed by atoms with E-state index in [2.05, 4.69) is 30.3 Å². The molecule has 4 nitrogen and oxygen atoms in total. The molecule has 1 aliphatic rings. The van der Waals surface area contributed by atoms with Gasteiger partial charge in [0.15, 0.2) is 11.7 Å². The molecule has 0 fully saturated rings. The van der Waals surface area contributed by atoms with Crippen molar-refractivity contribution in [3.8, 4) is 11.1 Å². The van der Waals surface area contributed by atoms with Crippen molar-refractivity contribution in [3.05, 3.63) is 95.6 Å². The summed E-state index contributed by atoms with van der Waals surface area (Å²) in [4.78, 5) is 18.6. The summed E-state index contributed by atoms with van der Waals surface area (Å²) in [5.74, 6) is 0.599. The van der Waals surface area contributed by atoms with E-state index < -0.39 is 5.54 Å². The van der Waals surface area contributed by atoms with Crippen LogP contribution in [0.4, 0.5) is 0 Å². The Morgan fingerprint density at radius 1 is 0.929 bits per heavy atom. The first kappa shape index (κ1) is 18.0. The lowest BCUT2D eigenvalue weighted by atomic mass is 9.82. The normalized spacial score (nSPS) is 18.8. The van der Waals surface area contributed by atoms with E-state index in [1.165, 1.54) is 0 Å². The molecular formula is C24H23N3O. The second kappa shape index (κ2) is 6.97. The molecule has 1 unspecified atom stereocenters. The highest BCUT2D eigenvalue weighted by atomic mass is 16.1. The lowest BCUT2D eigenvalue weighted by Gasteiger charge is -2.28. The molecule has 0 radical (unpaired) electrons. The highest BCUT2D eigenvalue weighted by molar-refractivity contribution is 5.95. The second-order valence-corrected chi connectivity index (χ2v) is 7.27. The molecule has 0 saturated carbocycles. The molecule has 1 heterocycles. The van der Waals surface area contributed by atoms with Gasteiger partial charge >= 0.3 is 0 Å². The van der Waals surface area contributed by atoms with Gasteiger partial charge in [0, 0.05) is 12.6 Å². The van der Waals surface area contributed by atoms with E-state index in [0.29, 0.717) is 18.1 Å². The van der Waals surface area contributed by atoms with Gasteiger partial charge in [0.2, 0.25) is 0 Å². The number of ketones is 1. The van der Waals surface area contributed by atoms with Crippen molar-refractivity contribution in [3.63, 3.8) is 0 Å². The summed E-state index contributed by atoms with van der Waals surface area (Å²) in [5, 5.41) is 0. The summed E-state index contributed by atoms with van der Waals surface area (Å²) < 4.78 is 0. The summed E-state index contributed by atoms with van der Waals surface area (Å²) in [6.45, 7) is 2.27. The van der Waals surface area contributed by atoms with Crippen molar-refractivity contribution in [2.75, 3.05) is 13.6 Å². The molecular weight excluding hydrogens is 346 g/mol. The minimum atomic E-state index is -0.547. The van der Waals surface area contributed by atoms with Gasteiger partial charge in [-0.3, -0.25) is 4.79 Å².